The minimum Gasteiger partial charge on any atom is -0.508 e. The molecule has 0 spiro atoms. The number of benzene rings is 2. The molecule has 33 heavy (non-hydrogen) atoms. The number of aliphatic carboxylic acids is 1. The van der Waals surface area contributed by atoms with E-state index in [1.54, 1.807) is 36.4 Å². The molecule has 0 bridgehead atoms. The Bertz CT molecular complexity index is 951. The van der Waals surface area contributed by atoms with Crippen molar-refractivity contribution in [2.75, 3.05) is 5.33 Å². The van der Waals surface area contributed by atoms with Gasteiger partial charge in [0.1, 0.15) is 30.2 Å². The number of nitrogens with one attached hydrogen (secondary N) is 2. The van der Waals surface area contributed by atoms with Gasteiger partial charge in [-0.2, -0.15) is 0 Å². The fourth-order valence-corrected chi connectivity index (χ4v) is 3.17. The third kappa shape index (κ3) is 9.32. The molecule has 176 valence electrons. The Morgan fingerprint density at radius 2 is 1.58 bits per heavy atom. The summed E-state index contributed by atoms with van der Waals surface area (Å²) >= 11 is 3.01. The van der Waals surface area contributed by atoms with Crippen molar-refractivity contribution >= 4 is 39.7 Å². The predicted molar refractivity (Wildman–Crippen MR) is 123 cm³/mol. The van der Waals surface area contributed by atoms with E-state index in [1.807, 2.05) is 6.07 Å². The Balaban J connectivity index is 2.08. The monoisotopic (exact) mass is 520 g/mol. The van der Waals surface area contributed by atoms with Gasteiger partial charge in [-0.3, -0.25) is 9.59 Å². The normalized spacial score (nSPS) is 12.3. The van der Waals surface area contributed by atoms with Crippen LogP contribution in [0.3, 0.4) is 0 Å². The molecule has 2 atom stereocenters. The molecule has 2 aromatic rings. The Kier molecular flexibility index (Phi) is 10.4. The van der Waals surface area contributed by atoms with Crippen molar-refractivity contribution in [2.45, 2.75) is 38.0 Å². The first kappa shape index (κ1) is 25.9. The standard InChI is InChI=1S/C23H25BrN2O7/c24-13-18(28)10-11-19(22(30)31)25-21(29)20(12-15-6-8-17(27)9-7-15)26-23(32)33-14-16-4-2-1-3-5-16/h1-9,19-20,27H,10-14H2,(H,25,29)(H,26,32)(H,30,31)/t19-,20-/m0/s1. The topological polar surface area (TPSA) is 142 Å². The molecular weight excluding hydrogens is 496 g/mol. The van der Waals surface area contributed by atoms with Crippen LogP contribution in [0, 0.1) is 0 Å². The number of carboxylic acids is 1. The van der Waals surface area contributed by atoms with Gasteiger partial charge in [0.15, 0.2) is 0 Å². The lowest BCUT2D eigenvalue weighted by atomic mass is 10.0. The van der Waals surface area contributed by atoms with Gasteiger partial charge >= 0.3 is 12.1 Å². The second kappa shape index (κ2) is 13.2. The summed E-state index contributed by atoms with van der Waals surface area (Å²) in [5.74, 6) is -2.18. The molecule has 2 amide bonds. The number of rotatable bonds is 12. The van der Waals surface area contributed by atoms with Crippen molar-refractivity contribution < 1.29 is 34.1 Å². The fourth-order valence-electron chi connectivity index (χ4n) is 2.89. The SMILES string of the molecule is O=C(CBr)CC[C@H](NC(=O)[C@H](Cc1ccc(O)cc1)NC(=O)OCc1ccccc1)C(=O)O. The second-order valence-corrected chi connectivity index (χ2v) is 7.80. The molecule has 0 radical (unpaired) electrons. The van der Waals surface area contributed by atoms with E-state index in [2.05, 4.69) is 26.6 Å². The maximum absolute atomic E-state index is 12.9. The number of alkyl carbamates (subject to hydrolysis) is 1. The van der Waals surface area contributed by atoms with Crippen LogP contribution in [-0.2, 0) is 32.1 Å². The van der Waals surface area contributed by atoms with Crippen molar-refractivity contribution in [3.05, 3.63) is 65.7 Å². The van der Waals surface area contributed by atoms with Crippen molar-refractivity contribution in [1.29, 1.82) is 0 Å². The summed E-state index contributed by atoms with van der Waals surface area (Å²) in [5, 5.41) is 23.8. The summed E-state index contributed by atoms with van der Waals surface area (Å²) < 4.78 is 5.18. The van der Waals surface area contributed by atoms with Gasteiger partial charge in [-0.25, -0.2) is 9.59 Å². The first-order valence-corrected chi connectivity index (χ1v) is 11.3. The van der Waals surface area contributed by atoms with E-state index in [1.165, 1.54) is 12.1 Å². The lowest BCUT2D eigenvalue weighted by Gasteiger charge is -2.21. The molecule has 0 unspecified atom stereocenters. The lowest BCUT2D eigenvalue weighted by molar-refractivity contribution is -0.142. The zero-order valence-corrected chi connectivity index (χ0v) is 19.3. The largest absolute Gasteiger partial charge is 0.508 e. The maximum Gasteiger partial charge on any atom is 0.408 e. The van der Waals surface area contributed by atoms with Crippen LogP contribution in [0.5, 0.6) is 5.75 Å². The molecule has 0 saturated carbocycles. The van der Waals surface area contributed by atoms with E-state index in [-0.39, 0.29) is 42.7 Å². The van der Waals surface area contributed by atoms with Crippen LogP contribution in [0.4, 0.5) is 4.79 Å². The number of carbonyl (C=O) groups is 4. The minimum absolute atomic E-state index is 0.00731. The van der Waals surface area contributed by atoms with E-state index >= 15 is 0 Å². The number of alkyl halides is 1. The molecule has 0 fully saturated rings. The van der Waals surface area contributed by atoms with Crippen LogP contribution in [0.2, 0.25) is 0 Å². The van der Waals surface area contributed by atoms with Gasteiger partial charge in [-0.15, -0.1) is 0 Å². The zero-order chi connectivity index (χ0) is 24.2. The number of carbonyl (C=O) groups excluding carboxylic acids is 3. The van der Waals surface area contributed by atoms with E-state index in [4.69, 9.17) is 4.74 Å². The lowest BCUT2D eigenvalue weighted by Crippen LogP contribution is -2.52. The maximum atomic E-state index is 12.9. The van der Waals surface area contributed by atoms with Gasteiger partial charge in [0.25, 0.3) is 0 Å². The smallest absolute Gasteiger partial charge is 0.408 e. The third-order valence-electron chi connectivity index (χ3n) is 4.67. The summed E-state index contributed by atoms with van der Waals surface area (Å²) in [6, 6.07) is 12.6. The highest BCUT2D eigenvalue weighted by atomic mass is 79.9. The number of ether oxygens (including phenoxy) is 1. The fraction of sp³-hybridized carbons (Fsp3) is 0.304. The molecule has 10 heteroatoms. The first-order chi connectivity index (χ1) is 15.8. The Hall–Kier alpha value is -3.40. The quantitative estimate of drug-likeness (QED) is 0.315. The van der Waals surface area contributed by atoms with Crippen molar-refractivity contribution in [1.82, 2.24) is 10.6 Å². The van der Waals surface area contributed by atoms with Crippen LogP contribution in [0.1, 0.15) is 24.0 Å². The van der Waals surface area contributed by atoms with Gasteiger partial charge in [-0.1, -0.05) is 58.4 Å². The number of aromatic hydroxyl groups is 1. The second-order valence-electron chi connectivity index (χ2n) is 7.24. The molecule has 0 aliphatic heterocycles. The van der Waals surface area contributed by atoms with Crippen LogP contribution in [0.25, 0.3) is 0 Å². The number of phenols is 1. The van der Waals surface area contributed by atoms with Gasteiger partial charge in [0.05, 0.1) is 5.33 Å². The van der Waals surface area contributed by atoms with Crippen LogP contribution >= 0.6 is 15.9 Å². The van der Waals surface area contributed by atoms with Crippen molar-refractivity contribution in [3.8, 4) is 5.75 Å². The number of hydrogen-bond donors (Lipinski definition) is 4. The van der Waals surface area contributed by atoms with Gasteiger partial charge < -0.3 is 25.6 Å². The van der Waals surface area contributed by atoms with E-state index in [0.717, 1.165) is 5.56 Å². The third-order valence-corrected chi connectivity index (χ3v) is 5.30. The first-order valence-electron chi connectivity index (χ1n) is 10.1. The number of carboxylic acid groups (broad SMARTS) is 1. The number of ketones is 1. The molecule has 0 aromatic heterocycles. The number of halogens is 1. The van der Waals surface area contributed by atoms with E-state index < -0.39 is 30.1 Å². The van der Waals surface area contributed by atoms with Crippen molar-refractivity contribution in [3.63, 3.8) is 0 Å². The Morgan fingerprint density at radius 3 is 2.18 bits per heavy atom. The van der Waals surface area contributed by atoms with Gasteiger partial charge in [0.2, 0.25) is 5.91 Å². The summed E-state index contributed by atoms with van der Waals surface area (Å²) in [6.45, 7) is -0.00731. The van der Waals surface area contributed by atoms with Crippen LogP contribution < -0.4 is 10.6 Å². The predicted octanol–water partition coefficient (Wildman–Crippen LogP) is 2.54. The Labute approximate surface area is 199 Å². The summed E-state index contributed by atoms with van der Waals surface area (Å²) in [5.41, 5.74) is 1.38. The summed E-state index contributed by atoms with van der Waals surface area (Å²) in [6.07, 6.45) is -0.939. The highest BCUT2D eigenvalue weighted by Crippen LogP contribution is 2.12. The minimum atomic E-state index is -1.30. The van der Waals surface area contributed by atoms with Crippen molar-refractivity contribution in [2.24, 2.45) is 0 Å². The average Bonchev–Trinajstić information content (AvgIpc) is 2.81. The molecule has 0 aliphatic rings. The van der Waals surface area contributed by atoms with Crippen LogP contribution in [0.15, 0.2) is 54.6 Å². The number of phenolic OH excluding ortho intramolecular Hbond substituents is 1. The number of Topliss-reactive ketones (excluding diaryl/α,β-unsaturated/α-hetero) is 1. The zero-order valence-electron chi connectivity index (χ0n) is 17.7. The number of hydrogen-bond acceptors (Lipinski definition) is 6. The highest BCUT2D eigenvalue weighted by Gasteiger charge is 2.27. The van der Waals surface area contributed by atoms with E-state index in [9.17, 15) is 29.4 Å². The molecule has 9 nitrogen and oxygen atoms in total. The van der Waals surface area contributed by atoms with Gasteiger partial charge in [0, 0.05) is 12.8 Å². The molecular formula is C23H25BrN2O7. The molecule has 0 heterocycles. The van der Waals surface area contributed by atoms with Crippen LogP contribution in [-0.4, -0.2) is 51.4 Å². The summed E-state index contributed by atoms with van der Waals surface area (Å²) in [7, 11) is 0. The Morgan fingerprint density at radius 1 is 0.909 bits per heavy atom. The molecule has 2 aromatic carbocycles. The summed E-state index contributed by atoms with van der Waals surface area (Å²) in [4.78, 5) is 48.3. The average molecular weight is 521 g/mol. The number of amides is 2. The molecule has 4 N–H and O–H groups in total. The van der Waals surface area contributed by atoms with Gasteiger partial charge in [-0.05, 0) is 29.7 Å². The molecule has 2 rings (SSSR count). The molecule has 0 saturated heterocycles. The highest BCUT2D eigenvalue weighted by molar-refractivity contribution is 9.09. The molecule has 0 aliphatic carbocycles. The van der Waals surface area contributed by atoms with E-state index in [0.29, 0.717) is 5.56 Å².